The first-order chi connectivity index (χ1) is 0. The van der Waals surface area contributed by atoms with E-state index in [-0.39, 0.29) is 51.5 Å². The van der Waals surface area contributed by atoms with Gasteiger partial charge in [0.25, 0.3) is 0 Å². The van der Waals surface area contributed by atoms with Gasteiger partial charge in [-0.2, -0.15) is 0 Å². The quantitative estimate of drug-likeness (QED) is 0.362. The van der Waals surface area contributed by atoms with Gasteiger partial charge in [0.1, 0.15) is 0 Å². The van der Waals surface area contributed by atoms with Crippen LogP contribution in [0.1, 0.15) is 0 Å². The van der Waals surface area contributed by atoms with E-state index in [4.69, 9.17) is 0 Å². The zero-order valence-electron chi connectivity index (χ0n) is 1.88. The Kier molecular flexibility index (Phi) is 452. The summed E-state index contributed by atoms with van der Waals surface area (Å²) in [6.45, 7) is 0. The Morgan fingerprint density at radius 3 is 1.00 bits per heavy atom. The summed E-state index contributed by atoms with van der Waals surface area (Å²) < 4.78 is 0. The van der Waals surface area contributed by atoms with Gasteiger partial charge in [-0.05, 0) is 0 Å². The van der Waals surface area contributed by atoms with Gasteiger partial charge < -0.3 is 0 Å². The van der Waals surface area contributed by atoms with Crippen molar-refractivity contribution in [2.45, 2.75) is 0 Å². The van der Waals surface area contributed by atoms with E-state index in [1.165, 1.54) is 0 Å². The summed E-state index contributed by atoms with van der Waals surface area (Å²) in [5.41, 5.74) is 0. The van der Waals surface area contributed by atoms with Crippen molar-refractivity contribution in [2.75, 3.05) is 0 Å². The minimum absolute atomic E-state index is 0. The molecule has 0 aromatic carbocycles. The molecule has 0 fully saturated rings. The summed E-state index contributed by atoms with van der Waals surface area (Å²) in [5.74, 6) is 0. The minimum atomic E-state index is 0. The van der Waals surface area contributed by atoms with Crippen LogP contribution in [0, 0.1) is 0 Å². The molecule has 10 radical (unpaired) electrons. The van der Waals surface area contributed by atoms with Crippen molar-refractivity contribution >= 4 is 28.3 Å². The van der Waals surface area contributed by atoms with Gasteiger partial charge in [-0.1, -0.05) is 0 Å². The van der Waals surface area contributed by atoms with Crippen LogP contribution in [0.4, 0.5) is 0 Å². The third-order valence-corrected chi connectivity index (χ3v) is 0. The molecule has 4 heteroatoms. The van der Waals surface area contributed by atoms with Crippen LogP contribution in [-0.4, -0.2) is 28.3 Å². The van der Waals surface area contributed by atoms with Gasteiger partial charge in [0.15, 0.2) is 0 Å². The Labute approximate surface area is 51.7 Å². The van der Waals surface area contributed by atoms with Crippen LogP contribution in [0.15, 0.2) is 0 Å². The van der Waals surface area contributed by atoms with Crippen molar-refractivity contribution in [3.8, 4) is 0 Å². The number of hydrogen-bond donors (Lipinski definition) is 0. The van der Waals surface area contributed by atoms with E-state index in [2.05, 4.69) is 0 Å². The maximum atomic E-state index is 0. The molecule has 1 nitrogen and oxygen atoms in total. The second-order valence-electron chi connectivity index (χ2n) is 0. The van der Waals surface area contributed by atoms with E-state index in [0.29, 0.717) is 0 Å². The average Bonchev–Trinajstić information content (AvgIpc) is 0. The first-order valence-electron chi connectivity index (χ1n) is 0. The van der Waals surface area contributed by atoms with E-state index in [0.717, 1.165) is 0 Å². The van der Waals surface area contributed by atoms with Gasteiger partial charge in [-0.3, -0.25) is 0 Å². The average molecular weight is 125 g/mol. The summed E-state index contributed by atoms with van der Waals surface area (Å²) in [5, 5.41) is 0. The summed E-state index contributed by atoms with van der Waals surface area (Å²) in [7, 11) is 0. The Morgan fingerprint density at radius 2 is 1.00 bits per heavy atom. The molecule has 0 saturated carbocycles. The summed E-state index contributed by atoms with van der Waals surface area (Å²) in [6, 6.07) is 0. The normalized spacial score (nSPS) is 0. The molecule has 0 aliphatic carbocycles. The molecular weight excluding hydrogens is 125 g/mol. The van der Waals surface area contributed by atoms with Gasteiger partial charge in [-0.15, -0.1) is 0 Å². The zero-order chi connectivity index (χ0) is 0. The number of hydrogen-bond acceptors (Lipinski definition) is 0. The van der Waals surface area contributed by atoms with E-state index in [1.54, 1.807) is 0 Å². The second-order valence-corrected chi connectivity index (χ2v) is 0. The van der Waals surface area contributed by atoms with Crippen molar-refractivity contribution in [3.63, 3.8) is 0 Å². The van der Waals surface area contributed by atoms with Gasteiger partial charge in [0.05, 0.1) is 0 Å². The first kappa shape index (κ1) is 61.9. The second kappa shape index (κ2) is 29.2. The smallest absolute Gasteiger partial charge is 0 e. The van der Waals surface area contributed by atoms with Gasteiger partial charge in [0, 0.05) is 51.5 Å². The van der Waals surface area contributed by atoms with Crippen LogP contribution in [0.25, 0.3) is 0 Å². The Balaban J connectivity index is 0. The standard InChI is InChI=1S/Al.Fe.N.Si. The van der Waals surface area contributed by atoms with Crippen LogP contribution in [-0.2, 0) is 17.1 Å². The Bertz CT molecular complexity index is 8.00. The van der Waals surface area contributed by atoms with Crippen molar-refractivity contribution in [1.82, 2.24) is 6.15 Å². The summed E-state index contributed by atoms with van der Waals surface area (Å²) in [4.78, 5) is 0. The monoisotopic (exact) mass is 125 g/mol. The fourth-order valence-corrected chi connectivity index (χ4v) is 0. The van der Waals surface area contributed by atoms with Crippen molar-refractivity contribution in [2.24, 2.45) is 0 Å². The molecule has 0 saturated heterocycles. The summed E-state index contributed by atoms with van der Waals surface area (Å²) in [6.07, 6.45) is 0. The van der Waals surface area contributed by atoms with Crippen LogP contribution >= 0.6 is 0 Å². The molecule has 0 aliphatic rings. The van der Waals surface area contributed by atoms with Crippen LogP contribution in [0.5, 0.6) is 0 Å². The minimum Gasteiger partial charge on any atom is 0 e. The van der Waals surface area contributed by atoms with E-state index < -0.39 is 0 Å². The van der Waals surface area contributed by atoms with Gasteiger partial charge >= 0.3 is 0 Å². The molecule has 0 heterocycles. The molecule has 0 atom stereocenters. The van der Waals surface area contributed by atoms with E-state index in [1.807, 2.05) is 0 Å². The molecule has 0 unspecified atom stereocenters. The molecule has 0 bridgehead atoms. The predicted octanol–water partition coefficient (Wildman–Crippen LogP) is -1.24. The van der Waals surface area contributed by atoms with Crippen molar-refractivity contribution in [1.29, 1.82) is 0 Å². The first-order valence-corrected chi connectivity index (χ1v) is 0. The molecule has 20 valence electrons. The number of rotatable bonds is 0. The van der Waals surface area contributed by atoms with Crippen LogP contribution in [0.3, 0.4) is 0 Å². The maximum Gasteiger partial charge on any atom is 0 e. The molecule has 4 heavy (non-hydrogen) atoms. The maximum absolute atomic E-state index is 0. The molecule has 0 rings (SSSR count). The Hall–Kier alpha value is 1.23. The number of nitrogens with zero attached hydrogens (tertiary/aromatic N) is 1. The third-order valence-electron chi connectivity index (χ3n) is 0. The van der Waals surface area contributed by atoms with E-state index >= 15 is 0 Å². The molecule has 0 spiro atoms. The van der Waals surface area contributed by atoms with E-state index in [9.17, 15) is 0 Å². The molecular formula is AlFeNSi. The third kappa shape index (κ3) is 10.6. The SMILES string of the molecule is [Al].[Fe].[N].[Si]. The van der Waals surface area contributed by atoms with Gasteiger partial charge in [-0.25, -0.2) is 0 Å². The van der Waals surface area contributed by atoms with Crippen LogP contribution < -0.4 is 6.15 Å². The fraction of sp³-hybridized carbons (Fsp3) is 0. The van der Waals surface area contributed by atoms with Crippen molar-refractivity contribution < 1.29 is 17.1 Å². The molecule has 0 N–H and O–H groups in total. The van der Waals surface area contributed by atoms with Crippen LogP contribution in [0.2, 0.25) is 0 Å². The predicted molar refractivity (Wildman–Crippen MR) is 13.6 cm³/mol. The fourth-order valence-electron chi connectivity index (χ4n) is 0. The summed E-state index contributed by atoms with van der Waals surface area (Å²) >= 11 is 0. The van der Waals surface area contributed by atoms with Gasteiger partial charge in [0.2, 0.25) is 0 Å². The van der Waals surface area contributed by atoms with Crippen molar-refractivity contribution in [3.05, 3.63) is 0 Å². The molecule has 0 aromatic rings. The molecule has 0 aliphatic heterocycles. The zero-order valence-corrected chi connectivity index (χ0v) is 5.14. The Morgan fingerprint density at radius 1 is 1.00 bits per heavy atom. The molecule has 0 aromatic heterocycles. The largest absolute Gasteiger partial charge is 0 e. The topological polar surface area (TPSA) is 30.5 Å². The molecule has 0 amide bonds.